The van der Waals surface area contributed by atoms with Gasteiger partial charge in [-0.25, -0.2) is 0 Å². The van der Waals surface area contributed by atoms with Crippen LogP contribution in [0.15, 0.2) is 59.6 Å². The van der Waals surface area contributed by atoms with Gasteiger partial charge in [-0.3, -0.25) is 14.6 Å². The number of ether oxygens (including phenoxy) is 1. The zero-order valence-corrected chi connectivity index (χ0v) is 13.9. The molecule has 0 saturated heterocycles. The van der Waals surface area contributed by atoms with E-state index in [1.165, 1.54) is 24.3 Å². The summed E-state index contributed by atoms with van der Waals surface area (Å²) in [6.07, 6.45) is -3.70. The molecule has 4 nitrogen and oxygen atoms in total. The molecule has 0 N–H and O–H groups in total. The van der Waals surface area contributed by atoms with E-state index in [4.69, 9.17) is 4.74 Å². The van der Waals surface area contributed by atoms with Crippen LogP contribution in [0, 0.1) is 5.92 Å². The van der Waals surface area contributed by atoms with E-state index in [2.05, 4.69) is 4.99 Å². The number of esters is 1. The Kier molecular flexibility index (Phi) is 6.27. The molecule has 2 rings (SSSR count). The third-order valence-corrected chi connectivity index (χ3v) is 3.45. The van der Waals surface area contributed by atoms with Crippen LogP contribution in [0.3, 0.4) is 0 Å². The average molecular weight is 363 g/mol. The molecule has 7 heteroatoms. The summed E-state index contributed by atoms with van der Waals surface area (Å²) in [5.41, 5.74) is -1.10. The Morgan fingerprint density at radius 2 is 1.69 bits per heavy atom. The van der Waals surface area contributed by atoms with Gasteiger partial charge >= 0.3 is 12.1 Å². The second-order valence-electron chi connectivity index (χ2n) is 5.25. The maximum absolute atomic E-state index is 13.0. The molecular formula is C19H16F3NO3. The van der Waals surface area contributed by atoms with E-state index >= 15 is 0 Å². The van der Waals surface area contributed by atoms with Crippen LogP contribution in [0.5, 0.6) is 0 Å². The fourth-order valence-corrected chi connectivity index (χ4v) is 2.23. The number of aliphatic imine (C=N–C) groups is 1. The maximum Gasteiger partial charge on any atom is 0.418 e. The van der Waals surface area contributed by atoms with Crippen LogP contribution in [0.25, 0.3) is 0 Å². The summed E-state index contributed by atoms with van der Waals surface area (Å²) < 4.78 is 44.0. The van der Waals surface area contributed by atoms with Gasteiger partial charge in [0.15, 0.2) is 11.7 Å². The van der Waals surface area contributed by atoms with E-state index in [0.717, 1.165) is 18.3 Å². The van der Waals surface area contributed by atoms with Crippen LogP contribution in [0.2, 0.25) is 0 Å². The number of para-hydroxylation sites is 1. The van der Waals surface area contributed by atoms with Crippen molar-refractivity contribution in [2.24, 2.45) is 10.9 Å². The standard InChI is InChI=1S/C19H16F3NO3/c1-2-26-18(25)14(17(24)13-8-4-3-5-9-13)12-23-16-11-7-6-10-15(16)19(20,21)22/h3-12,14H,2H2,1H3. The fraction of sp³-hybridized carbons (Fsp3) is 0.211. The van der Waals surface area contributed by atoms with Gasteiger partial charge in [0, 0.05) is 11.8 Å². The highest BCUT2D eigenvalue weighted by molar-refractivity contribution is 6.18. The van der Waals surface area contributed by atoms with Crippen LogP contribution in [-0.4, -0.2) is 24.6 Å². The van der Waals surface area contributed by atoms with Gasteiger partial charge in [0.05, 0.1) is 17.9 Å². The van der Waals surface area contributed by atoms with E-state index in [-0.39, 0.29) is 17.9 Å². The van der Waals surface area contributed by atoms with Crippen molar-refractivity contribution in [3.8, 4) is 0 Å². The molecule has 0 fully saturated rings. The quantitative estimate of drug-likeness (QED) is 0.329. The topological polar surface area (TPSA) is 55.7 Å². The van der Waals surface area contributed by atoms with Crippen molar-refractivity contribution in [3.63, 3.8) is 0 Å². The van der Waals surface area contributed by atoms with Gasteiger partial charge < -0.3 is 4.74 Å². The lowest BCUT2D eigenvalue weighted by Crippen LogP contribution is -2.27. The molecule has 0 radical (unpaired) electrons. The van der Waals surface area contributed by atoms with Gasteiger partial charge in [0.2, 0.25) is 0 Å². The molecule has 0 aliphatic rings. The second-order valence-corrected chi connectivity index (χ2v) is 5.25. The summed E-state index contributed by atoms with van der Waals surface area (Å²) in [6, 6.07) is 12.6. The van der Waals surface area contributed by atoms with Crippen molar-refractivity contribution in [1.82, 2.24) is 0 Å². The summed E-state index contributed by atoms with van der Waals surface area (Å²) in [5, 5.41) is 0. The van der Waals surface area contributed by atoms with Gasteiger partial charge in [-0.15, -0.1) is 0 Å². The predicted octanol–water partition coefficient (Wildman–Crippen LogP) is 4.47. The number of carbonyl (C=O) groups excluding carboxylic acids is 2. The van der Waals surface area contributed by atoms with Crippen LogP contribution in [0.1, 0.15) is 22.8 Å². The summed E-state index contributed by atoms with van der Waals surface area (Å²) in [6.45, 7) is 1.60. The molecule has 1 unspecified atom stereocenters. The number of Topliss-reactive ketones (excluding diaryl/α,β-unsaturated/α-hetero) is 1. The van der Waals surface area contributed by atoms with E-state index in [1.807, 2.05) is 0 Å². The van der Waals surface area contributed by atoms with E-state index < -0.39 is 29.4 Å². The Labute approximate surface area is 148 Å². The molecule has 0 aliphatic heterocycles. The summed E-state index contributed by atoms with van der Waals surface area (Å²) in [7, 11) is 0. The molecule has 0 spiro atoms. The first-order chi connectivity index (χ1) is 12.3. The molecule has 0 aliphatic carbocycles. The molecule has 0 amide bonds. The monoisotopic (exact) mass is 363 g/mol. The molecular weight excluding hydrogens is 347 g/mol. The van der Waals surface area contributed by atoms with Crippen LogP contribution in [0.4, 0.5) is 18.9 Å². The first-order valence-electron chi connectivity index (χ1n) is 7.81. The number of hydrogen-bond acceptors (Lipinski definition) is 4. The molecule has 2 aromatic rings. The first-order valence-corrected chi connectivity index (χ1v) is 7.81. The highest BCUT2D eigenvalue weighted by atomic mass is 19.4. The van der Waals surface area contributed by atoms with Gasteiger partial charge in [-0.05, 0) is 19.1 Å². The van der Waals surface area contributed by atoms with Crippen LogP contribution >= 0.6 is 0 Å². The molecule has 26 heavy (non-hydrogen) atoms. The second kappa shape index (κ2) is 8.42. The number of rotatable bonds is 6. The summed E-state index contributed by atoms with van der Waals surface area (Å²) in [4.78, 5) is 28.4. The predicted molar refractivity (Wildman–Crippen MR) is 90.5 cm³/mol. The number of carbonyl (C=O) groups is 2. The molecule has 0 saturated carbocycles. The lowest BCUT2D eigenvalue weighted by molar-refractivity contribution is -0.144. The highest BCUT2D eigenvalue weighted by Gasteiger charge is 2.33. The summed E-state index contributed by atoms with van der Waals surface area (Å²) in [5.74, 6) is -2.90. The number of nitrogens with zero attached hydrogens (tertiary/aromatic N) is 1. The molecule has 0 aromatic heterocycles. The normalized spacial score (nSPS) is 12.8. The van der Waals surface area contributed by atoms with Gasteiger partial charge in [0.25, 0.3) is 0 Å². The van der Waals surface area contributed by atoms with Gasteiger partial charge in [0.1, 0.15) is 0 Å². The minimum Gasteiger partial charge on any atom is -0.465 e. The van der Waals surface area contributed by atoms with Gasteiger partial charge in [-0.1, -0.05) is 42.5 Å². The Bertz CT molecular complexity index is 801. The van der Waals surface area contributed by atoms with Crippen LogP contribution in [-0.2, 0) is 15.7 Å². The van der Waals surface area contributed by atoms with Crippen molar-refractivity contribution in [2.75, 3.05) is 6.61 Å². The number of hydrogen-bond donors (Lipinski definition) is 0. The fourth-order valence-electron chi connectivity index (χ4n) is 2.23. The number of halogens is 3. The zero-order valence-electron chi connectivity index (χ0n) is 13.9. The largest absolute Gasteiger partial charge is 0.465 e. The van der Waals surface area contributed by atoms with E-state index in [9.17, 15) is 22.8 Å². The van der Waals surface area contributed by atoms with Crippen molar-refractivity contribution in [2.45, 2.75) is 13.1 Å². The smallest absolute Gasteiger partial charge is 0.418 e. The Morgan fingerprint density at radius 3 is 2.31 bits per heavy atom. The first kappa shape index (κ1) is 19.4. The molecule has 1 atom stereocenters. The molecule has 0 heterocycles. The number of alkyl halides is 3. The van der Waals surface area contributed by atoms with Crippen LogP contribution < -0.4 is 0 Å². The lowest BCUT2D eigenvalue weighted by atomic mass is 9.98. The van der Waals surface area contributed by atoms with E-state index in [0.29, 0.717) is 0 Å². The SMILES string of the molecule is CCOC(=O)C(C=Nc1ccccc1C(F)(F)F)C(=O)c1ccccc1. The minimum absolute atomic E-state index is 0.0321. The zero-order chi connectivity index (χ0) is 19.2. The number of ketones is 1. The third-order valence-electron chi connectivity index (χ3n) is 3.45. The van der Waals surface area contributed by atoms with Crippen molar-refractivity contribution >= 4 is 23.7 Å². The Balaban J connectivity index is 2.38. The molecule has 0 bridgehead atoms. The summed E-state index contributed by atoms with van der Waals surface area (Å²) >= 11 is 0. The number of benzene rings is 2. The maximum atomic E-state index is 13.0. The highest BCUT2D eigenvalue weighted by Crippen LogP contribution is 2.36. The molecule has 136 valence electrons. The Hall–Kier alpha value is -2.96. The van der Waals surface area contributed by atoms with Crippen molar-refractivity contribution in [1.29, 1.82) is 0 Å². The third kappa shape index (κ3) is 4.78. The Morgan fingerprint density at radius 1 is 1.08 bits per heavy atom. The van der Waals surface area contributed by atoms with E-state index in [1.54, 1.807) is 25.1 Å². The van der Waals surface area contributed by atoms with Crippen molar-refractivity contribution in [3.05, 3.63) is 65.7 Å². The average Bonchev–Trinajstić information content (AvgIpc) is 2.62. The van der Waals surface area contributed by atoms with Crippen molar-refractivity contribution < 1.29 is 27.5 Å². The molecule has 2 aromatic carbocycles. The minimum atomic E-state index is -4.60. The lowest BCUT2D eigenvalue weighted by Gasteiger charge is -2.12. The van der Waals surface area contributed by atoms with Gasteiger partial charge in [-0.2, -0.15) is 13.2 Å².